The Bertz CT molecular complexity index is 942. The number of rotatable bonds is 3. The van der Waals surface area contributed by atoms with Gasteiger partial charge in [-0.1, -0.05) is 35.8 Å². The number of amides is 1. The zero-order valence-electron chi connectivity index (χ0n) is 14.1. The van der Waals surface area contributed by atoms with Crippen LogP contribution in [0.2, 0.25) is 0 Å². The number of hydrogen-bond acceptors (Lipinski definition) is 4. The van der Waals surface area contributed by atoms with Crippen LogP contribution in [0.15, 0.2) is 47.0 Å². The highest BCUT2D eigenvalue weighted by Crippen LogP contribution is 2.39. The first-order valence-corrected chi connectivity index (χ1v) is 8.28. The standard InChI is InChI=1S/C20H18N2O3/c1-3-13-5-7-14(8-6-13)21-20(23)18-16-11-24-17-9-4-12(2)10-15(17)19(16)25-22-18/h4-10H,3,11H2,1-2H3,(H,21,23). The molecule has 1 aliphatic heterocycles. The van der Waals surface area contributed by atoms with Gasteiger partial charge in [0.15, 0.2) is 11.5 Å². The lowest BCUT2D eigenvalue weighted by molar-refractivity contribution is 0.101. The van der Waals surface area contributed by atoms with Crippen molar-refractivity contribution < 1.29 is 14.1 Å². The summed E-state index contributed by atoms with van der Waals surface area (Å²) < 4.78 is 11.2. The summed E-state index contributed by atoms with van der Waals surface area (Å²) in [6.07, 6.45) is 0.960. The predicted molar refractivity (Wildman–Crippen MR) is 94.8 cm³/mol. The minimum absolute atomic E-state index is 0.265. The summed E-state index contributed by atoms with van der Waals surface area (Å²) in [5, 5.41) is 6.85. The van der Waals surface area contributed by atoms with Gasteiger partial charge in [-0.3, -0.25) is 4.79 Å². The van der Waals surface area contributed by atoms with Crippen LogP contribution < -0.4 is 10.1 Å². The highest BCUT2D eigenvalue weighted by molar-refractivity contribution is 6.04. The van der Waals surface area contributed by atoms with E-state index in [1.807, 2.05) is 49.4 Å². The molecule has 0 bridgehead atoms. The topological polar surface area (TPSA) is 64.4 Å². The number of fused-ring (bicyclic) bond motifs is 3. The summed E-state index contributed by atoms with van der Waals surface area (Å²) in [4.78, 5) is 12.6. The van der Waals surface area contributed by atoms with Crippen molar-refractivity contribution in [2.45, 2.75) is 26.9 Å². The Labute approximate surface area is 145 Å². The number of carbonyl (C=O) groups excluding carboxylic acids is 1. The van der Waals surface area contributed by atoms with Crippen LogP contribution in [0.5, 0.6) is 5.75 Å². The molecule has 0 spiro atoms. The van der Waals surface area contributed by atoms with Gasteiger partial charge in [0.05, 0.1) is 11.1 Å². The van der Waals surface area contributed by atoms with Crippen molar-refractivity contribution in [2.75, 3.05) is 5.32 Å². The van der Waals surface area contributed by atoms with E-state index in [4.69, 9.17) is 9.26 Å². The van der Waals surface area contributed by atoms with E-state index in [2.05, 4.69) is 17.4 Å². The third-order valence-electron chi connectivity index (χ3n) is 4.37. The minimum Gasteiger partial charge on any atom is -0.488 e. The fourth-order valence-corrected chi connectivity index (χ4v) is 2.94. The zero-order valence-corrected chi connectivity index (χ0v) is 14.1. The lowest BCUT2D eigenvalue weighted by Gasteiger charge is -2.16. The molecular formula is C20H18N2O3. The van der Waals surface area contributed by atoms with Crippen molar-refractivity contribution in [3.8, 4) is 17.1 Å². The van der Waals surface area contributed by atoms with Crippen molar-refractivity contribution in [3.63, 3.8) is 0 Å². The maximum absolute atomic E-state index is 12.6. The smallest absolute Gasteiger partial charge is 0.278 e. The normalized spacial score (nSPS) is 12.1. The van der Waals surface area contributed by atoms with Gasteiger partial charge >= 0.3 is 0 Å². The second-order valence-corrected chi connectivity index (χ2v) is 6.13. The maximum Gasteiger partial charge on any atom is 0.278 e. The molecule has 1 N–H and O–H groups in total. The molecule has 0 fully saturated rings. The molecule has 25 heavy (non-hydrogen) atoms. The van der Waals surface area contributed by atoms with Crippen LogP contribution in [0.3, 0.4) is 0 Å². The first-order valence-electron chi connectivity index (χ1n) is 8.28. The van der Waals surface area contributed by atoms with Crippen LogP contribution in [0.4, 0.5) is 5.69 Å². The Morgan fingerprint density at radius 3 is 2.76 bits per heavy atom. The summed E-state index contributed by atoms with van der Waals surface area (Å²) in [5.41, 5.74) is 4.82. The number of hydrogen-bond donors (Lipinski definition) is 1. The third-order valence-corrected chi connectivity index (χ3v) is 4.37. The monoisotopic (exact) mass is 334 g/mol. The summed E-state index contributed by atoms with van der Waals surface area (Å²) >= 11 is 0. The van der Waals surface area contributed by atoms with Crippen molar-refractivity contribution in [1.29, 1.82) is 0 Å². The number of benzene rings is 2. The molecule has 5 nitrogen and oxygen atoms in total. The molecule has 2 heterocycles. The van der Waals surface area contributed by atoms with E-state index >= 15 is 0 Å². The molecule has 2 aromatic carbocycles. The molecule has 1 aliphatic rings. The van der Waals surface area contributed by atoms with Gasteiger partial charge in [-0.25, -0.2) is 0 Å². The van der Waals surface area contributed by atoms with Gasteiger partial charge < -0.3 is 14.6 Å². The number of nitrogens with one attached hydrogen (secondary N) is 1. The van der Waals surface area contributed by atoms with E-state index in [9.17, 15) is 4.79 Å². The second-order valence-electron chi connectivity index (χ2n) is 6.13. The average Bonchev–Trinajstić information content (AvgIpc) is 3.07. The van der Waals surface area contributed by atoms with E-state index < -0.39 is 0 Å². The summed E-state index contributed by atoms with van der Waals surface area (Å²) in [6.45, 7) is 4.36. The first kappa shape index (κ1) is 15.4. The van der Waals surface area contributed by atoms with Gasteiger partial charge in [0.2, 0.25) is 0 Å². The van der Waals surface area contributed by atoms with Gasteiger partial charge in [0.1, 0.15) is 12.4 Å². The number of anilines is 1. The summed E-state index contributed by atoms with van der Waals surface area (Å²) in [6, 6.07) is 13.6. The Kier molecular flexibility index (Phi) is 3.76. The highest BCUT2D eigenvalue weighted by atomic mass is 16.5. The SMILES string of the molecule is CCc1ccc(NC(=O)c2noc3c2COc2ccc(C)cc2-3)cc1. The lowest BCUT2D eigenvalue weighted by atomic mass is 10.0. The summed E-state index contributed by atoms with van der Waals surface area (Å²) in [5.74, 6) is 1.06. The maximum atomic E-state index is 12.6. The molecular weight excluding hydrogens is 316 g/mol. The molecule has 0 unspecified atom stereocenters. The lowest BCUT2D eigenvalue weighted by Crippen LogP contribution is -2.16. The molecule has 1 amide bonds. The molecule has 0 aliphatic carbocycles. The van der Waals surface area contributed by atoms with Crippen molar-refractivity contribution in [1.82, 2.24) is 5.16 Å². The van der Waals surface area contributed by atoms with Crippen molar-refractivity contribution in [2.24, 2.45) is 0 Å². The Morgan fingerprint density at radius 2 is 2.00 bits per heavy atom. The van der Waals surface area contributed by atoms with E-state index in [1.165, 1.54) is 5.56 Å². The molecule has 0 saturated heterocycles. The van der Waals surface area contributed by atoms with E-state index in [0.717, 1.165) is 29.0 Å². The number of nitrogens with zero attached hydrogens (tertiary/aromatic N) is 1. The van der Waals surface area contributed by atoms with Crippen LogP contribution in [-0.4, -0.2) is 11.1 Å². The number of carbonyl (C=O) groups is 1. The van der Waals surface area contributed by atoms with Gasteiger partial charge in [0.25, 0.3) is 5.91 Å². The van der Waals surface area contributed by atoms with Gasteiger partial charge in [-0.2, -0.15) is 0 Å². The quantitative estimate of drug-likeness (QED) is 0.773. The highest BCUT2D eigenvalue weighted by Gasteiger charge is 2.28. The van der Waals surface area contributed by atoms with Gasteiger partial charge in [-0.15, -0.1) is 0 Å². The fraction of sp³-hybridized carbons (Fsp3) is 0.200. The largest absolute Gasteiger partial charge is 0.488 e. The van der Waals surface area contributed by atoms with E-state index in [1.54, 1.807) is 0 Å². The fourth-order valence-electron chi connectivity index (χ4n) is 2.94. The Hall–Kier alpha value is -3.08. The van der Waals surface area contributed by atoms with Crippen LogP contribution >= 0.6 is 0 Å². The molecule has 1 aromatic heterocycles. The Morgan fingerprint density at radius 1 is 1.20 bits per heavy atom. The first-order chi connectivity index (χ1) is 12.2. The zero-order chi connectivity index (χ0) is 17.4. The predicted octanol–water partition coefficient (Wildman–Crippen LogP) is 4.36. The minimum atomic E-state index is -0.297. The number of aryl methyl sites for hydroxylation is 2. The molecule has 126 valence electrons. The number of ether oxygens (including phenoxy) is 1. The third kappa shape index (κ3) is 2.78. The van der Waals surface area contributed by atoms with Gasteiger partial charge in [-0.05, 0) is 43.2 Å². The second kappa shape index (κ2) is 6.09. The molecule has 4 rings (SSSR count). The van der Waals surface area contributed by atoms with Crippen LogP contribution in [0.1, 0.15) is 34.1 Å². The van der Waals surface area contributed by atoms with Crippen molar-refractivity contribution in [3.05, 3.63) is 64.8 Å². The van der Waals surface area contributed by atoms with Gasteiger partial charge in [0, 0.05) is 5.69 Å². The summed E-state index contributed by atoms with van der Waals surface area (Å²) in [7, 11) is 0. The van der Waals surface area contributed by atoms with Crippen LogP contribution in [0.25, 0.3) is 11.3 Å². The van der Waals surface area contributed by atoms with Crippen LogP contribution in [0, 0.1) is 6.92 Å². The van der Waals surface area contributed by atoms with Crippen LogP contribution in [-0.2, 0) is 13.0 Å². The molecule has 0 radical (unpaired) electrons. The molecule has 5 heteroatoms. The molecule has 3 aromatic rings. The van der Waals surface area contributed by atoms with E-state index in [-0.39, 0.29) is 18.2 Å². The average molecular weight is 334 g/mol. The number of aromatic nitrogens is 1. The van der Waals surface area contributed by atoms with E-state index in [0.29, 0.717) is 11.3 Å². The Balaban J connectivity index is 1.63. The molecule has 0 saturated carbocycles. The van der Waals surface area contributed by atoms with Crippen molar-refractivity contribution >= 4 is 11.6 Å². The molecule has 0 atom stereocenters.